The molecule has 0 aromatic heterocycles. The number of benzene rings is 1. The van der Waals surface area contributed by atoms with Gasteiger partial charge in [0.15, 0.2) is 0 Å². The fourth-order valence-electron chi connectivity index (χ4n) is 2.50. The molecule has 0 radical (unpaired) electrons. The van der Waals surface area contributed by atoms with Crippen molar-refractivity contribution in [2.45, 2.75) is 56.9 Å². The third-order valence-electron chi connectivity index (χ3n) is 3.90. The van der Waals surface area contributed by atoms with Gasteiger partial charge in [-0.3, -0.25) is 0 Å². The molecule has 0 aliphatic carbocycles. The average Bonchev–Trinajstić information content (AvgIpc) is 2.51. The van der Waals surface area contributed by atoms with Crippen molar-refractivity contribution in [3.05, 3.63) is 29.8 Å². The summed E-state index contributed by atoms with van der Waals surface area (Å²) in [6, 6.07) is 6.73. The highest BCUT2D eigenvalue weighted by molar-refractivity contribution is 7.89. The van der Waals surface area contributed by atoms with Crippen LogP contribution in [0.1, 0.15) is 44.6 Å². The third-order valence-corrected chi connectivity index (χ3v) is 5.78. The van der Waals surface area contributed by atoms with E-state index in [1.54, 1.807) is 24.3 Å². The molecular weight excluding hydrogens is 310 g/mol. The van der Waals surface area contributed by atoms with E-state index in [0.717, 1.165) is 24.8 Å². The fourth-order valence-corrected chi connectivity index (χ4v) is 4.01. The number of hydrogen-bond acceptors (Lipinski definition) is 4. The molecule has 132 valence electrons. The van der Waals surface area contributed by atoms with Gasteiger partial charge in [0, 0.05) is 25.7 Å². The molecule has 0 bridgehead atoms. The van der Waals surface area contributed by atoms with Crippen molar-refractivity contribution in [1.82, 2.24) is 4.31 Å². The molecular formula is C17H31N3O2S. The van der Waals surface area contributed by atoms with Crippen LogP contribution in [-0.2, 0) is 10.0 Å². The maximum absolute atomic E-state index is 12.8. The summed E-state index contributed by atoms with van der Waals surface area (Å²) in [4.78, 5) is 0.301. The molecule has 1 unspecified atom stereocenters. The van der Waals surface area contributed by atoms with Crippen molar-refractivity contribution in [2.75, 3.05) is 19.6 Å². The standard InChI is InChI=1S/C17H31N3O2S/c1-3-4-5-6-7-16(19)14-20(13-12-18)23(21,22)17-10-8-15(2)9-11-17/h8-11,16H,3-7,12-14,18-19H2,1-2H3. The van der Waals surface area contributed by atoms with Crippen molar-refractivity contribution in [1.29, 1.82) is 0 Å². The van der Waals surface area contributed by atoms with Crippen LogP contribution in [0.25, 0.3) is 0 Å². The highest BCUT2D eigenvalue weighted by atomic mass is 32.2. The van der Waals surface area contributed by atoms with Crippen LogP contribution in [0.3, 0.4) is 0 Å². The summed E-state index contributed by atoms with van der Waals surface area (Å²) in [6.45, 7) is 4.99. The van der Waals surface area contributed by atoms with Gasteiger partial charge in [0.2, 0.25) is 10.0 Å². The van der Waals surface area contributed by atoms with E-state index < -0.39 is 10.0 Å². The van der Waals surface area contributed by atoms with Crippen molar-refractivity contribution < 1.29 is 8.42 Å². The molecule has 1 atom stereocenters. The SMILES string of the molecule is CCCCCCC(N)CN(CCN)S(=O)(=O)c1ccc(C)cc1. The third kappa shape index (κ3) is 6.59. The Bertz CT molecular complexity index is 543. The molecule has 0 aliphatic heterocycles. The van der Waals surface area contributed by atoms with E-state index in [2.05, 4.69) is 6.92 Å². The Morgan fingerprint density at radius 3 is 2.35 bits per heavy atom. The second kappa shape index (κ2) is 10.0. The smallest absolute Gasteiger partial charge is 0.243 e. The molecule has 0 heterocycles. The van der Waals surface area contributed by atoms with Crippen LogP contribution < -0.4 is 11.5 Å². The van der Waals surface area contributed by atoms with Gasteiger partial charge < -0.3 is 11.5 Å². The van der Waals surface area contributed by atoms with Gasteiger partial charge in [0.25, 0.3) is 0 Å². The number of aryl methyl sites for hydroxylation is 1. The number of unbranched alkanes of at least 4 members (excludes halogenated alkanes) is 3. The molecule has 0 spiro atoms. The van der Waals surface area contributed by atoms with Gasteiger partial charge in [0.1, 0.15) is 0 Å². The first kappa shape index (κ1) is 20.1. The average molecular weight is 342 g/mol. The van der Waals surface area contributed by atoms with Crippen LogP contribution in [0.5, 0.6) is 0 Å². The molecule has 1 rings (SSSR count). The predicted octanol–water partition coefficient (Wildman–Crippen LogP) is 2.24. The maximum Gasteiger partial charge on any atom is 0.243 e. The van der Waals surface area contributed by atoms with Crippen LogP contribution in [0.4, 0.5) is 0 Å². The minimum absolute atomic E-state index is 0.154. The Labute approximate surface area is 141 Å². The van der Waals surface area contributed by atoms with Gasteiger partial charge in [-0.2, -0.15) is 4.31 Å². The Balaban J connectivity index is 2.74. The number of sulfonamides is 1. The highest BCUT2D eigenvalue weighted by Gasteiger charge is 2.25. The lowest BCUT2D eigenvalue weighted by atomic mass is 10.1. The lowest BCUT2D eigenvalue weighted by Crippen LogP contribution is -2.43. The Hall–Kier alpha value is -0.950. The lowest BCUT2D eigenvalue weighted by molar-refractivity contribution is 0.375. The van der Waals surface area contributed by atoms with Crippen molar-refractivity contribution in [3.8, 4) is 0 Å². The van der Waals surface area contributed by atoms with E-state index in [9.17, 15) is 8.42 Å². The quantitative estimate of drug-likeness (QED) is 0.604. The topological polar surface area (TPSA) is 89.4 Å². The zero-order valence-corrected chi connectivity index (χ0v) is 15.2. The van der Waals surface area contributed by atoms with Crippen molar-refractivity contribution in [3.63, 3.8) is 0 Å². The van der Waals surface area contributed by atoms with E-state index in [0.29, 0.717) is 18.0 Å². The van der Waals surface area contributed by atoms with Gasteiger partial charge in [-0.05, 0) is 25.5 Å². The Morgan fingerprint density at radius 1 is 1.13 bits per heavy atom. The molecule has 4 N–H and O–H groups in total. The van der Waals surface area contributed by atoms with Crippen LogP contribution in [0.2, 0.25) is 0 Å². The molecule has 23 heavy (non-hydrogen) atoms. The summed E-state index contributed by atoms with van der Waals surface area (Å²) in [5.74, 6) is 0. The maximum atomic E-state index is 12.8. The van der Waals surface area contributed by atoms with Gasteiger partial charge in [-0.1, -0.05) is 50.3 Å². The number of rotatable bonds is 11. The normalized spacial score (nSPS) is 13.4. The lowest BCUT2D eigenvalue weighted by Gasteiger charge is -2.25. The summed E-state index contributed by atoms with van der Waals surface area (Å²) in [5.41, 5.74) is 12.8. The summed E-state index contributed by atoms with van der Waals surface area (Å²) in [7, 11) is -3.54. The largest absolute Gasteiger partial charge is 0.329 e. The van der Waals surface area contributed by atoms with Crippen molar-refractivity contribution >= 4 is 10.0 Å². The molecule has 1 aromatic rings. The molecule has 0 amide bonds. The number of hydrogen-bond donors (Lipinski definition) is 2. The second-order valence-electron chi connectivity index (χ2n) is 6.07. The van der Waals surface area contributed by atoms with E-state index in [1.165, 1.54) is 17.1 Å². The van der Waals surface area contributed by atoms with E-state index >= 15 is 0 Å². The predicted molar refractivity (Wildman–Crippen MR) is 95.7 cm³/mol. The first-order chi connectivity index (χ1) is 10.9. The fraction of sp³-hybridized carbons (Fsp3) is 0.647. The summed E-state index contributed by atoms with van der Waals surface area (Å²) in [5, 5.41) is 0. The first-order valence-corrected chi connectivity index (χ1v) is 9.88. The zero-order valence-electron chi connectivity index (χ0n) is 14.4. The highest BCUT2D eigenvalue weighted by Crippen LogP contribution is 2.17. The minimum atomic E-state index is -3.54. The van der Waals surface area contributed by atoms with E-state index in [4.69, 9.17) is 11.5 Å². The van der Waals surface area contributed by atoms with Crippen LogP contribution in [0, 0.1) is 6.92 Å². The summed E-state index contributed by atoms with van der Waals surface area (Å²) < 4.78 is 26.9. The first-order valence-electron chi connectivity index (χ1n) is 8.44. The zero-order chi connectivity index (χ0) is 17.3. The Kier molecular flexibility index (Phi) is 8.76. The van der Waals surface area contributed by atoms with Gasteiger partial charge in [-0.15, -0.1) is 0 Å². The van der Waals surface area contributed by atoms with Gasteiger partial charge in [0.05, 0.1) is 4.90 Å². The number of nitrogens with two attached hydrogens (primary N) is 2. The molecule has 1 aromatic carbocycles. The van der Waals surface area contributed by atoms with Gasteiger partial charge in [-0.25, -0.2) is 8.42 Å². The van der Waals surface area contributed by atoms with Gasteiger partial charge >= 0.3 is 0 Å². The number of nitrogens with zero attached hydrogens (tertiary/aromatic N) is 1. The second-order valence-corrected chi connectivity index (χ2v) is 8.01. The Morgan fingerprint density at radius 2 is 1.78 bits per heavy atom. The van der Waals surface area contributed by atoms with E-state index in [1.807, 2.05) is 6.92 Å². The van der Waals surface area contributed by atoms with Crippen molar-refractivity contribution in [2.24, 2.45) is 11.5 Å². The summed E-state index contributed by atoms with van der Waals surface area (Å²) in [6.07, 6.45) is 5.39. The van der Waals surface area contributed by atoms with E-state index in [-0.39, 0.29) is 12.6 Å². The summed E-state index contributed by atoms with van der Waals surface area (Å²) >= 11 is 0. The van der Waals surface area contributed by atoms with Crippen LogP contribution in [0.15, 0.2) is 29.2 Å². The monoisotopic (exact) mass is 341 g/mol. The van der Waals surface area contributed by atoms with Crippen LogP contribution in [-0.4, -0.2) is 38.4 Å². The molecule has 0 aliphatic rings. The molecule has 6 heteroatoms. The van der Waals surface area contributed by atoms with Crippen LogP contribution >= 0.6 is 0 Å². The molecule has 0 saturated heterocycles. The molecule has 5 nitrogen and oxygen atoms in total. The molecule has 0 saturated carbocycles. The molecule has 0 fully saturated rings. The minimum Gasteiger partial charge on any atom is -0.329 e.